The van der Waals surface area contributed by atoms with Gasteiger partial charge in [0, 0.05) is 17.5 Å². The molecule has 0 aliphatic rings. The number of pyridine rings is 1. The van der Waals surface area contributed by atoms with Crippen LogP contribution in [0, 0.1) is 0 Å². The standard InChI is InChI=1S/C14H14N4S/c1-19-12-7-3-2-5-10(12)9-13-16-14-11(15)6-4-8-18(14)17-13/h2-8H,9,15H2,1H3. The van der Waals surface area contributed by atoms with Gasteiger partial charge in [0.2, 0.25) is 0 Å². The van der Waals surface area contributed by atoms with E-state index < -0.39 is 0 Å². The first kappa shape index (κ1) is 12.0. The van der Waals surface area contributed by atoms with E-state index in [9.17, 15) is 0 Å². The van der Waals surface area contributed by atoms with E-state index in [0.29, 0.717) is 5.69 Å². The van der Waals surface area contributed by atoms with Gasteiger partial charge in [-0.15, -0.1) is 11.8 Å². The molecule has 0 aliphatic carbocycles. The van der Waals surface area contributed by atoms with Crippen LogP contribution in [0.5, 0.6) is 0 Å². The summed E-state index contributed by atoms with van der Waals surface area (Å²) >= 11 is 1.74. The van der Waals surface area contributed by atoms with Crippen LogP contribution in [0.3, 0.4) is 0 Å². The summed E-state index contributed by atoms with van der Waals surface area (Å²) in [7, 11) is 0. The highest BCUT2D eigenvalue weighted by Crippen LogP contribution is 2.22. The summed E-state index contributed by atoms with van der Waals surface area (Å²) in [4.78, 5) is 5.76. The average molecular weight is 270 g/mol. The van der Waals surface area contributed by atoms with E-state index in [-0.39, 0.29) is 0 Å². The molecule has 96 valence electrons. The van der Waals surface area contributed by atoms with Crippen molar-refractivity contribution in [3.8, 4) is 0 Å². The molecule has 0 saturated heterocycles. The Morgan fingerprint density at radius 2 is 2.05 bits per heavy atom. The summed E-state index contributed by atoms with van der Waals surface area (Å²) in [5.74, 6) is 0.791. The minimum atomic E-state index is 0.652. The van der Waals surface area contributed by atoms with Crippen LogP contribution in [0.4, 0.5) is 5.69 Å². The van der Waals surface area contributed by atoms with Crippen molar-refractivity contribution in [2.45, 2.75) is 11.3 Å². The third-order valence-electron chi connectivity index (χ3n) is 2.98. The van der Waals surface area contributed by atoms with Crippen molar-refractivity contribution in [1.29, 1.82) is 0 Å². The Morgan fingerprint density at radius 1 is 1.21 bits per heavy atom. The molecule has 0 fully saturated rings. The average Bonchev–Trinajstić information content (AvgIpc) is 2.83. The predicted molar refractivity (Wildman–Crippen MR) is 78.4 cm³/mol. The number of anilines is 1. The molecule has 4 nitrogen and oxygen atoms in total. The van der Waals surface area contributed by atoms with E-state index in [1.54, 1.807) is 16.3 Å². The van der Waals surface area contributed by atoms with Gasteiger partial charge in [-0.25, -0.2) is 9.50 Å². The largest absolute Gasteiger partial charge is 0.396 e. The number of hydrogen-bond donors (Lipinski definition) is 1. The second-order valence-electron chi connectivity index (χ2n) is 4.25. The number of thioether (sulfide) groups is 1. The lowest BCUT2D eigenvalue weighted by Crippen LogP contribution is -1.94. The van der Waals surface area contributed by atoms with Crippen molar-refractivity contribution < 1.29 is 0 Å². The van der Waals surface area contributed by atoms with Crippen molar-refractivity contribution in [3.63, 3.8) is 0 Å². The summed E-state index contributed by atoms with van der Waals surface area (Å²) in [6.45, 7) is 0. The molecule has 0 unspecified atom stereocenters. The molecule has 2 heterocycles. The summed E-state index contributed by atoms with van der Waals surface area (Å²) in [6, 6.07) is 12.0. The van der Waals surface area contributed by atoms with Crippen LogP contribution in [0.2, 0.25) is 0 Å². The number of nitrogen functional groups attached to an aromatic ring is 1. The number of benzene rings is 1. The Kier molecular flexibility index (Phi) is 3.13. The molecule has 0 atom stereocenters. The Hall–Kier alpha value is -2.01. The van der Waals surface area contributed by atoms with Crippen molar-refractivity contribution >= 4 is 23.1 Å². The lowest BCUT2D eigenvalue weighted by molar-refractivity contribution is 0.894. The van der Waals surface area contributed by atoms with Gasteiger partial charge in [0.15, 0.2) is 11.5 Å². The van der Waals surface area contributed by atoms with Crippen molar-refractivity contribution in [2.24, 2.45) is 0 Å². The van der Waals surface area contributed by atoms with Gasteiger partial charge in [0.1, 0.15) is 0 Å². The number of nitrogens with zero attached hydrogens (tertiary/aromatic N) is 3. The SMILES string of the molecule is CSc1ccccc1Cc1nc2c(N)cccn2n1. The number of nitrogens with two attached hydrogens (primary N) is 1. The lowest BCUT2D eigenvalue weighted by atomic mass is 10.1. The van der Waals surface area contributed by atoms with E-state index >= 15 is 0 Å². The molecule has 19 heavy (non-hydrogen) atoms. The molecular formula is C14H14N4S. The quantitative estimate of drug-likeness (QED) is 0.743. The number of hydrogen-bond acceptors (Lipinski definition) is 4. The van der Waals surface area contributed by atoms with Gasteiger partial charge in [-0.2, -0.15) is 5.10 Å². The highest BCUT2D eigenvalue weighted by Gasteiger charge is 2.08. The molecule has 0 saturated carbocycles. The molecule has 0 amide bonds. The van der Waals surface area contributed by atoms with Crippen LogP contribution < -0.4 is 5.73 Å². The first-order chi connectivity index (χ1) is 9.28. The van der Waals surface area contributed by atoms with Crippen LogP contribution in [-0.2, 0) is 6.42 Å². The van der Waals surface area contributed by atoms with Crippen LogP contribution in [-0.4, -0.2) is 20.9 Å². The van der Waals surface area contributed by atoms with Gasteiger partial charge < -0.3 is 5.73 Å². The smallest absolute Gasteiger partial charge is 0.178 e. The molecule has 0 aliphatic heterocycles. The molecule has 0 bridgehead atoms. The van der Waals surface area contributed by atoms with E-state index in [1.165, 1.54) is 10.5 Å². The van der Waals surface area contributed by atoms with E-state index in [2.05, 4.69) is 28.5 Å². The van der Waals surface area contributed by atoms with Crippen molar-refractivity contribution in [3.05, 3.63) is 54.0 Å². The predicted octanol–water partition coefficient (Wildman–Crippen LogP) is 2.62. The highest BCUT2D eigenvalue weighted by molar-refractivity contribution is 7.98. The van der Waals surface area contributed by atoms with E-state index in [4.69, 9.17) is 5.73 Å². The Balaban J connectivity index is 1.99. The lowest BCUT2D eigenvalue weighted by Gasteiger charge is -2.03. The Labute approximate surface area is 115 Å². The Bertz CT molecular complexity index is 720. The molecule has 0 spiro atoms. The fourth-order valence-corrected chi connectivity index (χ4v) is 2.68. The fraction of sp³-hybridized carbons (Fsp3) is 0.143. The van der Waals surface area contributed by atoms with Crippen molar-refractivity contribution in [2.75, 3.05) is 12.0 Å². The third-order valence-corrected chi connectivity index (χ3v) is 3.82. The van der Waals surface area contributed by atoms with Gasteiger partial charge in [-0.05, 0) is 30.0 Å². The molecule has 1 aromatic carbocycles. The monoisotopic (exact) mass is 270 g/mol. The van der Waals surface area contributed by atoms with Gasteiger partial charge >= 0.3 is 0 Å². The van der Waals surface area contributed by atoms with Gasteiger partial charge in [-0.1, -0.05) is 18.2 Å². The summed E-state index contributed by atoms with van der Waals surface area (Å²) in [6.07, 6.45) is 4.66. The second kappa shape index (κ2) is 4.93. The molecule has 2 N–H and O–H groups in total. The molecular weight excluding hydrogens is 256 g/mol. The molecule has 3 aromatic rings. The zero-order valence-electron chi connectivity index (χ0n) is 10.6. The number of aromatic nitrogens is 3. The first-order valence-corrected chi connectivity index (χ1v) is 7.22. The summed E-state index contributed by atoms with van der Waals surface area (Å²) < 4.78 is 1.73. The van der Waals surface area contributed by atoms with Crippen LogP contribution in [0.15, 0.2) is 47.5 Å². The van der Waals surface area contributed by atoms with Crippen LogP contribution >= 0.6 is 11.8 Å². The second-order valence-corrected chi connectivity index (χ2v) is 5.10. The maximum Gasteiger partial charge on any atom is 0.178 e. The third kappa shape index (κ3) is 2.29. The first-order valence-electron chi connectivity index (χ1n) is 5.99. The number of fused-ring (bicyclic) bond motifs is 1. The highest BCUT2D eigenvalue weighted by atomic mass is 32.2. The molecule has 5 heteroatoms. The molecule has 2 aromatic heterocycles. The molecule has 3 rings (SSSR count). The topological polar surface area (TPSA) is 56.2 Å². The van der Waals surface area contributed by atoms with E-state index in [1.807, 2.05) is 30.5 Å². The van der Waals surface area contributed by atoms with Crippen LogP contribution in [0.1, 0.15) is 11.4 Å². The summed E-state index contributed by atoms with van der Waals surface area (Å²) in [5, 5.41) is 4.46. The minimum Gasteiger partial charge on any atom is -0.396 e. The Morgan fingerprint density at radius 3 is 2.84 bits per heavy atom. The minimum absolute atomic E-state index is 0.652. The van der Waals surface area contributed by atoms with Gasteiger partial charge in [-0.3, -0.25) is 0 Å². The van der Waals surface area contributed by atoms with Gasteiger partial charge in [0.05, 0.1) is 5.69 Å². The molecule has 0 radical (unpaired) electrons. The maximum absolute atomic E-state index is 5.89. The fourth-order valence-electron chi connectivity index (χ4n) is 2.07. The zero-order valence-corrected chi connectivity index (χ0v) is 11.4. The summed E-state index contributed by atoms with van der Waals surface area (Å²) in [5.41, 5.74) is 8.51. The van der Waals surface area contributed by atoms with Crippen LogP contribution in [0.25, 0.3) is 5.65 Å². The maximum atomic E-state index is 5.89. The normalized spacial score (nSPS) is 11.0. The van der Waals surface area contributed by atoms with Crippen molar-refractivity contribution in [1.82, 2.24) is 14.6 Å². The number of rotatable bonds is 3. The van der Waals surface area contributed by atoms with E-state index in [0.717, 1.165) is 17.9 Å². The zero-order chi connectivity index (χ0) is 13.2. The van der Waals surface area contributed by atoms with Gasteiger partial charge in [0.25, 0.3) is 0 Å².